The third-order valence-electron chi connectivity index (χ3n) is 12.8. The first kappa shape index (κ1) is 42.9. The third-order valence-corrected chi connectivity index (χ3v) is 13.1. The average Bonchev–Trinajstić information content (AvgIpc) is 3.99. The van der Waals surface area contributed by atoms with E-state index in [0.717, 1.165) is 38.9 Å². The van der Waals surface area contributed by atoms with Gasteiger partial charge in [-0.3, -0.25) is 0 Å². The quantitative estimate of drug-likeness (QED) is 0.0868. The van der Waals surface area contributed by atoms with Crippen LogP contribution in [0.2, 0.25) is 5.02 Å². The number of nitrogens with one attached hydrogen (secondary N) is 1. The molecule has 8 aromatic carbocycles. The summed E-state index contributed by atoms with van der Waals surface area (Å²) in [5.41, 5.74) is 7.47. The van der Waals surface area contributed by atoms with Gasteiger partial charge in [0.25, 0.3) is 0 Å². The van der Waals surface area contributed by atoms with Crippen molar-refractivity contribution in [3.8, 4) is 11.1 Å². The maximum Gasteiger partial charge on any atom is 0.407 e. The highest BCUT2D eigenvalue weighted by Crippen LogP contribution is 2.46. The van der Waals surface area contributed by atoms with Crippen LogP contribution >= 0.6 is 11.6 Å². The van der Waals surface area contributed by atoms with Crippen LogP contribution in [-0.2, 0) is 31.8 Å². The van der Waals surface area contributed by atoms with Gasteiger partial charge in [-0.25, -0.2) is 14.6 Å². The van der Waals surface area contributed by atoms with E-state index in [1.165, 1.54) is 0 Å². The number of hydrogen-bond acceptors (Lipinski definition) is 5. The Morgan fingerprint density at radius 1 is 0.567 bits per heavy atom. The minimum absolute atomic E-state index is 0.0351. The molecule has 1 atom stereocenters. The van der Waals surface area contributed by atoms with Gasteiger partial charge >= 0.3 is 12.1 Å². The monoisotopic (exact) mass is 895 g/mol. The van der Waals surface area contributed by atoms with Crippen LogP contribution in [0.25, 0.3) is 11.1 Å². The summed E-state index contributed by atoms with van der Waals surface area (Å²) in [4.78, 5) is 34.7. The maximum absolute atomic E-state index is 15.4. The van der Waals surface area contributed by atoms with Crippen molar-refractivity contribution < 1.29 is 19.1 Å². The van der Waals surface area contributed by atoms with Crippen molar-refractivity contribution in [2.45, 2.75) is 29.5 Å². The number of aromatic nitrogens is 2. The molecule has 1 aromatic heterocycles. The molecule has 0 radical (unpaired) electrons. The molecule has 1 aliphatic rings. The van der Waals surface area contributed by atoms with Gasteiger partial charge in [0.1, 0.15) is 18.2 Å². The fraction of sp³-hybridized carbons (Fsp3) is 0.102. The Hall–Kier alpha value is -8.00. The average molecular weight is 896 g/mol. The number of halogens is 1. The molecule has 328 valence electrons. The van der Waals surface area contributed by atoms with E-state index >= 15 is 4.79 Å². The zero-order valence-electron chi connectivity index (χ0n) is 36.5. The van der Waals surface area contributed by atoms with E-state index in [9.17, 15) is 4.79 Å². The topological polar surface area (TPSA) is 82.5 Å². The highest BCUT2D eigenvalue weighted by atomic mass is 35.5. The Balaban J connectivity index is 1.05. The molecular formula is C59H46ClN3O4. The molecule has 10 rings (SSSR count). The van der Waals surface area contributed by atoms with Gasteiger partial charge in [0.15, 0.2) is 5.60 Å². The molecule has 0 aliphatic heterocycles. The number of benzene rings is 8. The van der Waals surface area contributed by atoms with Crippen LogP contribution in [-0.4, -0.2) is 34.3 Å². The van der Waals surface area contributed by atoms with Gasteiger partial charge in [0.05, 0.1) is 12.0 Å². The van der Waals surface area contributed by atoms with Crippen LogP contribution in [0.3, 0.4) is 0 Å². The maximum atomic E-state index is 15.4. The van der Waals surface area contributed by atoms with Crippen molar-refractivity contribution in [2.75, 3.05) is 6.61 Å². The standard InChI is InChI=1S/C59H46ClN3O4/c60-54-37-21-20-36-53(54)59(45-28-12-4-13-29-45,46-30-14-5-15-31-46)67-56(64)55(62-57(65)66-40-52-50-34-18-16-32-48(50)49-33-17-19-35-51(49)52)38-47-39-63(41-61-47)58(42-22-6-1-7-23-42,43-24-8-2-9-25-43)44-26-10-3-11-27-44/h1-37,39,41,52,55H,38,40H2,(H,62,65)/t55-/m0/s1. The van der Waals surface area contributed by atoms with E-state index in [4.69, 9.17) is 26.1 Å². The lowest BCUT2D eigenvalue weighted by atomic mass is 9.77. The Morgan fingerprint density at radius 2 is 1.00 bits per heavy atom. The van der Waals surface area contributed by atoms with Crippen molar-refractivity contribution in [3.63, 3.8) is 0 Å². The molecule has 1 N–H and O–H groups in total. The van der Waals surface area contributed by atoms with E-state index in [1.54, 1.807) is 12.4 Å². The van der Waals surface area contributed by atoms with Gasteiger partial charge in [0, 0.05) is 40.2 Å². The van der Waals surface area contributed by atoms with Crippen molar-refractivity contribution >= 4 is 23.7 Å². The Morgan fingerprint density at radius 3 is 1.49 bits per heavy atom. The number of amides is 1. The van der Waals surface area contributed by atoms with Gasteiger partial charge in [0.2, 0.25) is 0 Å². The highest BCUT2D eigenvalue weighted by molar-refractivity contribution is 6.31. The first-order valence-corrected chi connectivity index (χ1v) is 22.7. The molecule has 0 saturated carbocycles. The van der Waals surface area contributed by atoms with Crippen LogP contribution in [0, 0.1) is 0 Å². The molecule has 0 bridgehead atoms. The Labute approximate surface area is 395 Å². The second kappa shape index (κ2) is 18.8. The van der Waals surface area contributed by atoms with Crippen molar-refractivity contribution in [1.29, 1.82) is 0 Å². The normalized spacial score (nSPS) is 12.7. The van der Waals surface area contributed by atoms with Crippen LogP contribution in [0.1, 0.15) is 56.1 Å². The number of alkyl carbamates (subject to hydrolysis) is 1. The van der Waals surface area contributed by atoms with E-state index in [2.05, 4.69) is 70.5 Å². The summed E-state index contributed by atoms with van der Waals surface area (Å²) in [6.07, 6.45) is 2.94. The molecule has 9 aromatic rings. The third kappa shape index (κ3) is 8.08. The van der Waals surface area contributed by atoms with Crippen molar-refractivity contribution in [1.82, 2.24) is 14.9 Å². The van der Waals surface area contributed by atoms with E-state index < -0.39 is 29.2 Å². The highest BCUT2D eigenvalue weighted by Gasteiger charge is 2.44. The first-order valence-electron chi connectivity index (χ1n) is 22.4. The fourth-order valence-electron chi connectivity index (χ4n) is 9.79. The summed E-state index contributed by atoms with van der Waals surface area (Å²) in [5, 5.41) is 3.36. The summed E-state index contributed by atoms with van der Waals surface area (Å²) in [6, 6.07) is 72.3. The number of fused-ring (bicyclic) bond motifs is 3. The van der Waals surface area contributed by atoms with Gasteiger partial charge < -0.3 is 19.4 Å². The molecule has 1 amide bonds. The lowest BCUT2D eigenvalue weighted by Gasteiger charge is -2.37. The number of carbonyl (C=O) groups excluding carboxylic acids is 2. The number of imidazole rings is 1. The smallest absolute Gasteiger partial charge is 0.407 e. The molecule has 1 aliphatic carbocycles. The van der Waals surface area contributed by atoms with Crippen molar-refractivity contribution in [2.24, 2.45) is 0 Å². The minimum Gasteiger partial charge on any atom is -0.449 e. The molecule has 67 heavy (non-hydrogen) atoms. The number of esters is 1. The summed E-state index contributed by atoms with van der Waals surface area (Å²) >= 11 is 7.06. The van der Waals surface area contributed by atoms with E-state index in [0.29, 0.717) is 27.4 Å². The number of ether oxygens (including phenoxy) is 2. The van der Waals surface area contributed by atoms with Gasteiger partial charge in [-0.05, 0) is 45.0 Å². The Bertz CT molecular complexity index is 2940. The van der Waals surface area contributed by atoms with E-state index in [-0.39, 0.29) is 18.9 Å². The molecular weight excluding hydrogens is 850 g/mol. The SMILES string of the molecule is O=C(N[C@@H](Cc1cn(C(c2ccccc2)(c2ccccc2)c2ccccc2)cn1)C(=O)OC(c1ccccc1)(c1ccccc1)c1ccccc1Cl)OCC1c2ccccc2-c2ccccc21. The summed E-state index contributed by atoms with van der Waals surface area (Å²) in [5.74, 6) is -0.901. The predicted octanol–water partition coefficient (Wildman–Crippen LogP) is 12.4. The fourth-order valence-corrected chi connectivity index (χ4v) is 10.1. The second-order valence-corrected chi connectivity index (χ2v) is 17.0. The first-order chi connectivity index (χ1) is 33.0. The van der Waals surface area contributed by atoms with Crippen LogP contribution in [0.5, 0.6) is 0 Å². The lowest BCUT2D eigenvalue weighted by Crippen LogP contribution is -2.47. The van der Waals surface area contributed by atoms with Gasteiger partial charge in [-0.15, -0.1) is 0 Å². The van der Waals surface area contributed by atoms with Gasteiger partial charge in [-0.2, -0.15) is 0 Å². The largest absolute Gasteiger partial charge is 0.449 e. The minimum atomic E-state index is -1.53. The molecule has 1 heterocycles. The molecule has 0 unspecified atom stereocenters. The predicted molar refractivity (Wildman–Crippen MR) is 263 cm³/mol. The molecule has 7 nitrogen and oxygen atoms in total. The number of nitrogens with zero attached hydrogens (tertiary/aromatic N) is 2. The van der Waals surface area contributed by atoms with E-state index in [1.807, 2.05) is 164 Å². The summed E-state index contributed by atoms with van der Waals surface area (Å²) in [7, 11) is 0. The zero-order valence-corrected chi connectivity index (χ0v) is 37.2. The van der Waals surface area contributed by atoms with Crippen LogP contribution in [0.15, 0.2) is 237 Å². The summed E-state index contributed by atoms with van der Waals surface area (Å²) < 4.78 is 15.1. The number of carbonyl (C=O) groups is 2. The number of rotatable bonds is 14. The van der Waals surface area contributed by atoms with Crippen LogP contribution < -0.4 is 5.32 Å². The second-order valence-electron chi connectivity index (χ2n) is 16.6. The molecule has 0 fully saturated rings. The lowest BCUT2D eigenvalue weighted by molar-refractivity contribution is -0.156. The van der Waals surface area contributed by atoms with Crippen LogP contribution in [0.4, 0.5) is 4.79 Å². The zero-order chi connectivity index (χ0) is 45.6. The van der Waals surface area contributed by atoms with Crippen molar-refractivity contribution in [3.05, 3.63) is 292 Å². The summed E-state index contributed by atoms with van der Waals surface area (Å²) in [6.45, 7) is 0.0571. The van der Waals surface area contributed by atoms with Gasteiger partial charge in [-0.1, -0.05) is 230 Å². The molecule has 0 spiro atoms. The molecule has 0 saturated heterocycles. The molecule has 8 heteroatoms. The number of hydrogen-bond donors (Lipinski definition) is 1. The Kier molecular flexibility index (Phi) is 12.1.